The molecule has 130 valence electrons. The highest BCUT2D eigenvalue weighted by molar-refractivity contribution is 4.87. The van der Waals surface area contributed by atoms with E-state index in [1.807, 2.05) is 0 Å². The zero-order valence-corrected chi connectivity index (χ0v) is 15.7. The lowest BCUT2D eigenvalue weighted by Gasteiger charge is -2.39. The van der Waals surface area contributed by atoms with Crippen LogP contribution < -0.4 is 0 Å². The summed E-state index contributed by atoms with van der Waals surface area (Å²) in [5.74, 6) is 0.968. The minimum atomic E-state index is 0.743. The van der Waals surface area contributed by atoms with Crippen LogP contribution >= 0.6 is 0 Å². The Morgan fingerprint density at radius 3 is 1.95 bits per heavy atom. The van der Waals surface area contributed by atoms with Gasteiger partial charge in [-0.05, 0) is 78.9 Å². The topological polar surface area (TPSA) is 9.72 Å². The standard InChI is InChI=1S/C10H20N2.C9H19N/c1-9(2)12-7-6-11-5-3-4-10(11)8-12;1-8(2)10-6-4-9(3)5-7-10/h9-10H,3-8H2,1-2H3;8-9H,4-7H2,1-3H3. The average molecular weight is 310 g/mol. The SMILES string of the molecule is CC(C)N1CCN2CCCC2C1.CC1CCN(C(C)C)CC1. The minimum absolute atomic E-state index is 0.743. The molecule has 3 heteroatoms. The number of rotatable bonds is 2. The third-order valence-electron chi connectivity index (χ3n) is 5.90. The molecule has 22 heavy (non-hydrogen) atoms. The fourth-order valence-electron chi connectivity index (χ4n) is 4.03. The molecule has 3 saturated heterocycles. The van der Waals surface area contributed by atoms with E-state index in [4.69, 9.17) is 0 Å². The number of hydrogen-bond acceptors (Lipinski definition) is 3. The van der Waals surface area contributed by atoms with Crippen LogP contribution in [0.25, 0.3) is 0 Å². The molecular weight excluding hydrogens is 270 g/mol. The number of piperazine rings is 1. The molecule has 3 fully saturated rings. The number of nitrogens with zero attached hydrogens (tertiary/aromatic N) is 3. The Kier molecular flexibility index (Phi) is 7.17. The number of fused-ring (bicyclic) bond motifs is 1. The molecule has 0 aromatic rings. The lowest BCUT2D eigenvalue weighted by atomic mass is 9.98. The highest BCUT2D eigenvalue weighted by Gasteiger charge is 2.30. The van der Waals surface area contributed by atoms with Gasteiger partial charge in [-0.3, -0.25) is 9.80 Å². The summed E-state index contributed by atoms with van der Waals surface area (Å²) in [6.07, 6.45) is 5.66. The van der Waals surface area contributed by atoms with Gasteiger partial charge >= 0.3 is 0 Å². The maximum atomic E-state index is 2.67. The van der Waals surface area contributed by atoms with Crippen LogP contribution in [0.15, 0.2) is 0 Å². The predicted molar refractivity (Wildman–Crippen MR) is 96.4 cm³/mol. The maximum absolute atomic E-state index is 2.67. The van der Waals surface area contributed by atoms with Crippen LogP contribution in [0, 0.1) is 5.92 Å². The van der Waals surface area contributed by atoms with E-state index in [-0.39, 0.29) is 0 Å². The fraction of sp³-hybridized carbons (Fsp3) is 1.00. The van der Waals surface area contributed by atoms with Gasteiger partial charge in [0, 0.05) is 37.8 Å². The second-order valence-corrected chi connectivity index (χ2v) is 8.23. The molecule has 0 amide bonds. The molecule has 0 radical (unpaired) electrons. The van der Waals surface area contributed by atoms with E-state index in [0.717, 1.165) is 24.0 Å². The molecule has 1 atom stereocenters. The Morgan fingerprint density at radius 2 is 1.36 bits per heavy atom. The quantitative estimate of drug-likeness (QED) is 0.775. The van der Waals surface area contributed by atoms with Gasteiger partial charge in [0.25, 0.3) is 0 Å². The molecule has 0 aliphatic carbocycles. The Morgan fingerprint density at radius 1 is 0.727 bits per heavy atom. The van der Waals surface area contributed by atoms with Gasteiger partial charge < -0.3 is 4.90 Å². The molecule has 3 aliphatic rings. The van der Waals surface area contributed by atoms with Crippen LogP contribution in [-0.2, 0) is 0 Å². The van der Waals surface area contributed by atoms with Crippen molar-refractivity contribution < 1.29 is 0 Å². The van der Waals surface area contributed by atoms with E-state index < -0.39 is 0 Å². The molecule has 3 rings (SSSR count). The zero-order chi connectivity index (χ0) is 16.1. The summed E-state index contributed by atoms with van der Waals surface area (Å²) in [6, 6.07) is 2.39. The van der Waals surface area contributed by atoms with Crippen molar-refractivity contribution in [2.24, 2.45) is 5.92 Å². The third-order valence-corrected chi connectivity index (χ3v) is 5.90. The number of likely N-dealkylation sites (tertiary alicyclic amines) is 1. The molecule has 1 unspecified atom stereocenters. The highest BCUT2D eigenvalue weighted by Crippen LogP contribution is 2.22. The van der Waals surface area contributed by atoms with Gasteiger partial charge in [0.2, 0.25) is 0 Å². The molecule has 3 heterocycles. The number of hydrogen-bond donors (Lipinski definition) is 0. The van der Waals surface area contributed by atoms with Crippen LogP contribution in [0.4, 0.5) is 0 Å². The number of piperidine rings is 1. The Labute approximate surface area is 139 Å². The molecule has 3 nitrogen and oxygen atoms in total. The summed E-state index contributed by atoms with van der Waals surface area (Å²) in [4.78, 5) is 7.85. The van der Waals surface area contributed by atoms with Gasteiger partial charge in [0.15, 0.2) is 0 Å². The van der Waals surface area contributed by atoms with Crippen LogP contribution in [0.3, 0.4) is 0 Å². The van der Waals surface area contributed by atoms with Gasteiger partial charge in [-0.2, -0.15) is 0 Å². The first-order valence-corrected chi connectivity index (χ1v) is 9.69. The van der Waals surface area contributed by atoms with Crippen molar-refractivity contribution in [2.45, 2.75) is 78.4 Å². The van der Waals surface area contributed by atoms with Gasteiger partial charge in [0.1, 0.15) is 0 Å². The maximum Gasteiger partial charge on any atom is 0.0224 e. The van der Waals surface area contributed by atoms with Gasteiger partial charge in [0.05, 0.1) is 0 Å². The Balaban J connectivity index is 0.000000164. The monoisotopic (exact) mass is 309 g/mol. The summed E-state index contributed by atoms with van der Waals surface area (Å²) >= 11 is 0. The van der Waals surface area contributed by atoms with Crippen molar-refractivity contribution in [3.8, 4) is 0 Å². The van der Waals surface area contributed by atoms with Crippen molar-refractivity contribution in [1.29, 1.82) is 0 Å². The normalized spacial score (nSPS) is 28.8. The van der Waals surface area contributed by atoms with E-state index in [0.29, 0.717) is 0 Å². The third kappa shape index (κ3) is 5.21. The fourth-order valence-corrected chi connectivity index (χ4v) is 4.03. The van der Waals surface area contributed by atoms with E-state index in [1.54, 1.807) is 0 Å². The van der Waals surface area contributed by atoms with Crippen molar-refractivity contribution >= 4 is 0 Å². The molecule has 0 N–H and O–H groups in total. The van der Waals surface area contributed by atoms with Crippen LogP contribution in [0.1, 0.15) is 60.3 Å². The van der Waals surface area contributed by atoms with Crippen molar-refractivity contribution in [3.05, 3.63) is 0 Å². The van der Waals surface area contributed by atoms with Crippen LogP contribution in [0.2, 0.25) is 0 Å². The Bertz CT molecular complexity index is 308. The van der Waals surface area contributed by atoms with Gasteiger partial charge in [-0.15, -0.1) is 0 Å². The molecule has 3 aliphatic heterocycles. The van der Waals surface area contributed by atoms with Crippen molar-refractivity contribution in [2.75, 3.05) is 39.3 Å². The molecule has 0 bridgehead atoms. The molecule has 0 spiro atoms. The second kappa shape index (κ2) is 8.65. The first-order chi connectivity index (χ1) is 10.5. The summed E-state index contributed by atoms with van der Waals surface area (Å²) < 4.78 is 0. The lowest BCUT2D eigenvalue weighted by molar-refractivity contribution is 0.0827. The van der Waals surface area contributed by atoms with E-state index in [9.17, 15) is 0 Å². The van der Waals surface area contributed by atoms with Crippen LogP contribution in [-0.4, -0.2) is 72.1 Å². The lowest BCUT2D eigenvalue weighted by Crippen LogP contribution is -2.52. The molecule has 0 aromatic heterocycles. The molecule has 0 saturated carbocycles. The highest BCUT2D eigenvalue weighted by atomic mass is 15.3. The summed E-state index contributed by atoms with van der Waals surface area (Å²) in [5, 5.41) is 0. The minimum Gasteiger partial charge on any atom is -0.301 e. The summed E-state index contributed by atoms with van der Waals surface area (Å²) in [6.45, 7) is 19.5. The van der Waals surface area contributed by atoms with E-state index >= 15 is 0 Å². The smallest absolute Gasteiger partial charge is 0.0224 e. The second-order valence-electron chi connectivity index (χ2n) is 8.23. The average Bonchev–Trinajstić information content (AvgIpc) is 2.95. The van der Waals surface area contributed by atoms with Crippen molar-refractivity contribution in [3.63, 3.8) is 0 Å². The summed E-state index contributed by atoms with van der Waals surface area (Å²) in [7, 11) is 0. The molecule has 0 aromatic carbocycles. The first kappa shape index (κ1) is 18.2. The van der Waals surface area contributed by atoms with Crippen LogP contribution in [0.5, 0.6) is 0 Å². The van der Waals surface area contributed by atoms with E-state index in [1.165, 1.54) is 65.0 Å². The van der Waals surface area contributed by atoms with E-state index in [2.05, 4.69) is 49.3 Å². The predicted octanol–water partition coefficient (Wildman–Crippen LogP) is 3.30. The largest absolute Gasteiger partial charge is 0.301 e. The first-order valence-electron chi connectivity index (χ1n) is 9.69. The van der Waals surface area contributed by atoms with Crippen molar-refractivity contribution in [1.82, 2.24) is 14.7 Å². The summed E-state index contributed by atoms with van der Waals surface area (Å²) in [5.41, 5.74) is 0. The molecular formula is C19H39N3. The Hall–Kier alpha value is -0.120. The van der Waals surface area contributed by atoms with Gasteiger partial charge in [-0.25, -0.2) is 0 Å². The zero-order valence-electron chi connectivity index (χ0n) is 15.7. The van der Waals surface area contributed by atoms with Gasteiger partial charge in [-0.1, -0.05) is 6.92 Å².